The van der Waals surface area contributed by atoms with E-state index in [2.05, 4.69) is 40.0 Å². The molecular weight excluding hydrogens is 328 g/mol. The summed E-state index contributed by atoms with van der Waals surface area (Å²) >= 11 is 0. The second-order valence-electron chi connectivity index (χ2n) is 5.88. The van der Waals surface area contributed by atoms with Gasteiger partial charge in [0.05, 0.1) is 12.1 Å². The van der Waals surface area contributed by atoms with Crippen molar-refractivity contribution in [1.82, 2.24) is 16.0 Å². The fourth-order valence-corrected chi connectivity index (χ4v) is 2.44. The minimum Gasteiger partial charge on any atom is -0.507 e. The van der Waals surface area contributed by atoms with Gasteiger partial charge in [0.15, 0.2) is 5.96 Å². The van der Waals surface area contributed by atoms with Crippen molar-refractivity contribution in [3.63, 3.8) is 0 Å². The Bertz CT molecular complexity index is 759. The van der Waals surface area contributed by atoms with Crippen LogP contribution in [0.15, 0.2) is 53.5 Å². The molecule has 6 heteroatoms. The molecule has 0 aromatic heterocycles. The first-order valence-corrected chi connectivity index (χ1v) is 8.74. The van der Waals surface area contributed by atoms with Gasteiger partial charge in [-0.3, -0.25) is 4.79 Å². The highest BCUT2D eigenvalue weighted by atomic mass is 16.3. The van der Waals surface area contributed by atoms with Gasteiger partial charge < -0.3 is 21.1 Å². The molecule has 0 atom stereocenters. The van der Waals surface area contributed by atoms with Gasteiger partial charge in [0.1, 0.15) is 5.75 Å². The molecule has 6 nitrogen and oxygen atoms in total. The van der Waals surface area contributed by atoms with E-state index in [1.165, 1.54) is 11.6 Å². The largest absolute Gasteiger partial charge is 0.507 e. The van der Waals surface area contributed by atoms with E-state index in [0.717, 1.165) is 12.1 Å². The van der Waals surface area contributed by atoms with Crippen molar-refractivity contribution in [2.75, 3.05) is 19.6 Å². The van der Waals surface area contributed by atoms with Crippen molar-refractivity contribution in [3.8, 4) is 5.75 Å². The van der Waals surface area contributed by atoms with Gasteiger partial charge in [0, 0.05) is 19.6 Å². The van der Waals surface area contributed by atoms with Gasteiger partial charge in [-0.05, 0) is 31.5 Å². The predicted molar refractivity (Wildman–Crippen MR) is 104 cm³/mol. The lowest BCUT2D eigenvalue weighted by molar-refractivity contribution is 0.0951. The lowest BCUT2D eigenvalue weighted by Crippen LogP contribution is -2.41. The van der Waals surface area contributed by atoms with E-state index in [9.17, 15) is 9.90 Å². The third kappa shape index (κ3) is 6.12. The van der Waals surface area contributed by atoms with Crippen LogP contribution in [0.3, 0.4) is 0 Å². The molecule has 0 saturated heterocycles. The minimum absolute atomic E-state index is 0.0222. The molecule has 0 fully saturated rings. The Kier molecular flexibility index (Phi) is 7.49. The fourth-order valence-electron chi connectivity index (χ4n) is 2.44. The van der Waals surface area contributed by atoms with Gasteiger partial charge in [0.2, 0.25) is 0 Å². The minimum atomic E-state index is -0.299. The van der Waals surface area contributed by atoms with E-state index in [1.807, 2.05) is 19.1 Å². The molecule has 0 heterocycles. The number of rotatable bonds is 7. The molecule has 2 aromatic rings. The standard InChI is InChI=1S/C20H26N4O2/c1-3-21-20(24-14-16-8-6-7-15(2)13-16)23-12-11-22-19(26)17-9-4-5-10-18(17)25/h4-10,13,25H,3,11-12,14H2,1-2H3,(H,22,26)(H2,21,23,24). The number of guanidine groups is 1. The molecule has 0 radical (unpaired) electrons. The highest BCUT2D eigenvalue weighted by Gasteiger charge is 2.09. The first kappa shape index (κ1) is 19.3. The van der Waals surface area contributed by atoms with Crippen LogP contribution in [0.4, 0.5) is 0 Å². The number of aliphatic imine (C=N–C) groups is 1. The van der Waals surface area contributed by atoms with Crippen molar-refractivity contribution in [1.29, 1.82) is 0 Å². The number of hydrogen-bond donors (Lipinski definition) is 4. The number of carbonyl (C=O) groups is 1. The van der Waals surface area contributed by atoms with Crippen LogP contribution >= 0.6 is 0 Å². The SMILES string of the molecule is CCNC(=NCc1cccc(C)c1)NCCNC(=O)c1ccccc1O. The normalized spacial score (nSPS) is 11.1. The molecule has 2 aromatic carbocycles. The lowest BCUT2D eigenvalue weighted by atomic mass is 10.1. The molecule has 26 heavy (non-hydrogen) atoms. The first-order valence-electron chi connectivity index (χ1n) is 8.74. The number of benzene rings is 2. The van der Waals surface area contributed by atoms with Gasteiger partial charge in [-0.15, -0.1) is 0 Å². The quantitative estimate of drug-likeness (QED) is 0.349. The van der Waals surface area contributed by atoms with Crippen LogP contribution in [0, 0.1) is 6.92 Å². The maximum Gasteiger partial charge on any atom is 0.255 e. The average molecular weight is 354 g/mol. The van der Waals surface area contributed by atoms with E-state index in [0.29, 0.717) is 25.6 Å². The molecular formula is C20H26N4O2. The van der Waals surface area contributed by atoms with E-state index in [-0.39, 0.29) is 17.2 Å². The first-order chi connectivity index (χ1) is 12.6. The maximum absolute atomic E-state index is 12.0. The summed E-state index contributed by atoms with van der Waals surface area (Å²) in [5.41, 5.74) is 2.63. The van der Waals surface area contributed by atoms with Crippen molar-refractivity contribution < 1.29 is 9.90 Å². The summed E-state index contributed by atoms with van der Waals surface area (Å²) in [6, 6.07) is 14.7. The van der Waals surface area contributed by atoms with E-state index in [1.54, 1.807) is 18.2 Å². The number of amides is 1. The number of para-hydroxylation sites is 1. The summed E-state index contributed by atoms with van der Waals surface area (Å²) < 4.78 is 0. The van der Waals surface area contributed by atoms with E-state index in [4.69, 9.17) is 0 Å². The van der Waals surface area contributed by atoms with Crippen LogP contribution < -0.4 is 16.0 Å². The monoisotopic (exact) mass is 354 g/mol. The van der Waals surface area contributed by atoms with E-state index < -0.39 is 0 Å². The van der Waals surface area contributed by atoms with Crippen LogP contribution in [0.2, 0.25) is 0 Å². The zero-order valence-corrected chi connectivity index (χ0v) is 15.2. The zero-order chi connectivity index (χ0) is 18.8. The van der Waals surface area contributed by atoms with Crippen LogP contribution in [0.1, 0.15) is 28.4 Å². The number of carbonyl (C=O) groups excluding carboxylic acids is 1. The van der Waals surface area contributed by atoms with Crippen molar-refractivity contribution >= 4 is 11.9 Å². The number of aryl methyl sites for hydroxylation is 1. The second-order valence-corrected chi connectivity index (χ2v) is 5.88. The molecule has 0 bridgehead atoms. The summed E-state index contributed by atoms with van der Waals surface area (Å²) in [5, 5.41) is 18.8. The van der Waals surface area contributed by atoms with Crippen molar-refractivity contribution in [3.05, 3.63) is 65.2 Å². The van der Waals surface area contributed by atoms with Gasteiger partial charge >= 0.3 is 0 Å². The fraction of sp³-hybridized carbons (Fsp3) is 0.300. The third-order valence-electron chi connectivity index (χ3n) is 3.70. The Labute approximate surface area is 154 Å². The molecule has 0 saturated carbocycles. The van der Waals surface area contributed by atoms with Crippen LogP contribution in [-0.4, -0.2) is 36.6 Å². The average Bonchev–Trinajstić information content (AvgIpc) is 2.63. The maximum atomic E-state index is 12.0. The molecule has 1 amide bonds. The Morgan fingerprint density at radius 2 is 1.81 bits per heavy atom. The summed E-state index contributed by atoms with van der Waals surface area (Å²) in [7, 11) is 0. The van der Waals surface area contributed by atoms with Crippen LogP contribution in [0.5, 0.6) is 5.75 Å². The van der Waals surface area contributed by atoms with Gasteiger partial charge in [-0.2, -0.15) is 0 Å². The smallest absolute Gasteiger partial charge is 0.255 e. The molecule has 0 aliphatic carbocycles. The molecule has 0 spiro atoms. The Morgan fingerprint density at radius 3 is 2.54 bits per heavy atom. The molecule has 2 rings (SSSR count). The van der Waals surface area contributed by atoms with Gasteiger partial charge in [-0.25, -0.2) is 4.99 Å². The molecule has 138 valence electrons. The van der Waals surface area contributed by atoms with Crippen molar-refractivity contribution in [2.45, 2.75) is 20.4 Å². The molecule has 0 unspecified atom stereocenters. The number of phenolic OH excluding ortho intramolecular Hbond substituents is 1. The van der Waals surface area contributed by atoms with Crippen molar-refractivity contribution in [2.24, 2.45) is 4.99 Å². The molecule has 4 N–H and O–H groups in total. The Morgan fingerprint density at radius 1 is 1.04 bits per heavy atom. The predicted octanol–water partition coefficient (Wildman–Crippen LogP) is 2.19. The highest BCUT2D eigenvalue weighted by Crippen LogP contribution is 2.14. The summed E-state index contributed by atoms with van der Waals surface area (Å²) in [6.45, 7) is 6.35. The molecule has 0 aliphatic rings. The van der Waals surface area contributed by atoms with Crippen LogP contribution in [-0.2, 0) is 6.54 Å². The number of phenols is 1. The van der Waals surface area contributed by atoms with E-state index >= 15 is 0 Å². The third-order valence-corrected chi connectivity index (χ3v) is 3.70. The summed E-state index contributed by atoms with van der Waals surface area (Å²) in [4.78, 5) is 16.6. The molecule has 0 aliphatic heterocycles. The van der Waals surface area contributed by atoms with Crippen LogP contribution in [0.25, 0.3) is 0 Å². The summed E-state index contributed by atoms with van der Waals surface area (Å²) in [5.74, 6) is 0.378. The van der Waals surface area contributed by atoms with Gasteiger partial charge in [-0.1, -0.05) is 42.0 Å². The number of aromatic hydroxyl groups is 1. The van der Waals surface area contributed by atoms with Gasteiger partial charge in [0.25, 0.3) is 5.91 Å². The number of nitrogens with zero attached hydrogens (tertiary/aromatic N) is 1. The number of nitrogens with one attached hydrogen (secondary N) is 3. The lowest BCUT2D eigenvalue weighted by Gasteiger charge is -2.12. The summed E-state index contributed by atoms with van der Waals surface area (Å²) in [6.07, 6.45) is 0. The topological polar surface area (TPSA) is 85.8 Å². The Balaban J connectivity index is 1.82. The Hall–Kier alpha value is -3.02. The second kappa shape index (κ2) is 10.1. The highest BCUT2D eigenvalue weighted by molar-refractivity contribution is 5.96. The number of hydrogen-bond acceptors (Lipinski definition) is 3. The zero-order valence-electron chi connectivity index (χ0n) is 15.2.